The van der Waals surface area contributed by atoms with Crippen molar-refractivity contribution in [1.29, 1.82) is 0 Å². The van der Waals surface area contributed by atoms with Gasteiger partial charge in [0.15, 0.2) is 0 Å². The number of piperidine rings is 1. The number of nitrogens with one attached hydrogen (secondary N) is 1. The molecule has 0 spiro atoms. The Labute approximate surface area is 130 Å². The van der Waals surface area contributed by atoms with Crippen LogP contribution in [0.3, 0.4) is 0 Å². The van der Waals surface area contributed by atoms with Crippen LogP contribution < -0.4 is 10.1 Å². The summed E-state index contributed by atoms with van der Waals surface area (Å²) in [6.45, 7) is 2.73. The summed E-state index contributed by atoms with van der Waals surface area (Å²) in [7, 11) is 2.05. The minimum atomic E-state index is -4.67. The van der Waals surface area contributed by atoms with Gasteiger partial charge in [0.1, 0.15) is 5.75 Å². The van der Waals surface area contributed by atoms with E-state index in [1.54, 1.807) is 12.1 Å². The van der Waals surface area contributed by atoms with E-state index in [0.29, 0.717) is 17.1 Å². The molecule has 0 radical (unpaired) electrons. The molecule has 0 unspecified atom stereocenters. The molecule has 21 heavy (non-hydrogen) atoms. The SMILES string of the molecule is CN(Cc1ccc(OC(F)(F)F)c(Br)c1)C1CCNCC1. The van der Waals surface area contributed by atoms with Crippen LogP contribution >= 0.6 is 15.9 Å². The minimum Gasteiger partial charge on any atom is -0.405 e. The van der Waals surface area contributed by atoms with Gasteiger partial charge in [-0.15, -0.1) is 13.2 Å². The molecule has 0 aromatic heterocycles. The molecule has 1 heterocycles. The zero-order valence-corrected chi connectivity index (χ0v) is 13.3. The Morgan fingerprint density at radius 2 is 2.00 bits per heavy atom. The summed E-state index contributed by atoms with van der Waals surface area (Å²) in [5, 5.41) is 3.31. The highest BCUT2D eigenvalue weighted by molar-refractivity contribution is 9.10. The summed E-state index contributed by atoms with van der Waals surface area (Å²) in [4.78, 5) is 2.24. The van der Waals surface area contributed by atoms with Gasteiger partial charge < -0.3 is 10.1 Å². The van der Waals surface area contributed by atoms with E-state index in [4.69, 9.17) is 0 Å². The second kappa shape index (κ2) is 6.98. The molecule has 1 aromatic rings. The van der Waals surface area contributed by atoms with Crippen molar-refractivity contribution in [2.75, 3.05) is 20.1 Å². The second-order valence-corrected chi connectivity index (χ2v) is 6.06. The normalized spacial score (nSPS) is 17.2. The average Bonchev–Trinajstić information content (AvgIpc) is 2.41. The number of hydrogen-bond acceptors (Lipinski definition) is 3. The summed E-state index contributed by atoms with van der Waals surface area (Å²) in [5.74, 6) is -0.212. The van der Waals surface area contributed by atoms with Crippen LogP contribution in [0.5, 0.6) is 5.75 Å². The maximum Gasteiger partial charge on any atom is 0.573 e. The van der Waals surface area contributed by atoms with E-state index in [0.717, 1.165) is 31.5 Å². The molecule has 1 aromatic carbocycles. The Morgan fingerprint density at radius 1 is 1.33 bits per heavy atom. The van der Waals surface area contributed by atoms with Crippen LogP contribution in [0.15, 0.2) is 22.7 Å². The van der Waals surface area contributed by atoms with Gasteiger partial charge in [0.2, 0.25) is 0 Å². The second-order valence-electron chi connectivity index (χ2n) is 5.21. The maximum atomic E-state index is 12.2. The van der Waals surface area contributed by atoms with Crippen LogP contribution in [0.2, 0.25) is 0 Å². The number of nitrogens with zero attached hydrogens (tertiary/aromatic N) is 1. The fraction of sp³-hybridized carbons (Fsp3) is 0.571. The van der Waals surface area contributed by atoms with E-state index in [-0.39, 0.29) is 5.75 Å². The lowest BCUT2D eigenvalue weighted by molar-refractivity contribution is -0.274. The number of alkyl halides is 3. The Kier molecular flexibility index (Phi) is 5.51. The first kappa shape index (κ1) is 16.6. The van der Waals surface area contributed by atoms with E-state index < -0.39 is 6.36 Å². The van der Waals surface area contributed by atoms with Crippen LogP contribution in [0.1, 0.15) is 18.4 Å². The van der Waals surface area contributed by atoms with Crippen molar-refractivity contribution in [3.8, 4) is 5.75 Å². The summed E-state index contributed by atoms with van der Waals surface area (Å²) in [6, 6.07) is 5.21. The lowest BCUT2D eigenvalue weighted by atomic mass is 10.0. The van der Waals surface area contributed by atoms with E-state index in [1.165, 1.54) is 6.07 Å². The Hall–Kier alpha value is -0.790. The topological polar surface area (TPSA) is 24.5 Å². The van der Waals surface area contributed by atoms with E-state index in [9.17, 15) is 13.2 Å². The number of rotatable bonds is 4. The van der Waals surface area contributed by atoms with Crippen molar-refractivity contribution in [2.45, 2.75) is 31.8 Å². The van der Waals surface area contributed by atoms with Crippen molar-refractivity contribution in [3.05, 3.63) is 28.2 Å². The van der Waals surface area contributed by atoms with Gasteiger partial charge in [0.25, 0.3) is 0 Å². The lowest BCUT2D eigenvalue weighted by Crippen LogP contribution is -2.40. The standard InChI is InChI=1S/C14H18BrF3N2O/c1-20(11-4-6-19-7-5-11)9-10-2-3-13(12(15)8-10)21-14(16,17)18/h2-3,8,11,19H,4-7,9H2,1H3. The highest BCUT2D eigenvalue weighted by atomic mass is 79.9. The van der Waals surface area contributed by atoms with Crippen molar-refractivity contribution in [2.24, 2.45) is 0 Å². The van der Waals surface area contributed by atoms with Crippen molar-refractivity contribution in [1.82, 2.24) is 10.2 Å². The number of benzene rings is 1. The molecule has 1 aliphatic heterocycles. The molecule has 2 rings (SSSR count). The van der Waals surface area contributed by atoms with Gasteiger partial charge in [-0.05, 0) is 66.6 Å². The molecule has 3 nitrogen and oxygen atoms in total. The molecule has 1 saturated heterocycles. The Bertz CT molecular complexity index is 476. The third-order valence-electron chi connectivity index (χ3n) is 3.59. The molecular weight excluding hydrogens is 349 g/mol. The highest BCUT2D eigenvalue weighted by Gasteiger charge is 2.32. The van der Waals surface area contributed by atoms with Crippen LogP contribution in [0.4, 0.5) is 13.2 Å². The molecule has 1 aliphatic rings. The van der Waals surface area contributed by atoms with Gasteiger partial charge in [-0.25, -0.2) is 0 Å². The fourth-order valence-corrected chi connectivity index (χ4v) is 3.02. The quantitative estimate of drug-likeness (QED) is 0.881. The Balaban J connectivity index is 1.99. The average molecular weight is 367 g/mol. The van der Waals surface area contributed by atoms with E-state index in [1.807, 2.05) is 7.05 Å². The van der Waals surface area contributed by atoms with Crippen molar-refractivity contribution in [3.63, 3.8) is 0 Å². The molecular formula is C14H18BrF3N2O. The molecule has 118 valence electrons. The molecule has 0 bridgehead atoms. The Morgan fingerprint density at radius 3 is 2.57 bits per heavy atom. The predicted molar refractivity (Wildman–Crippen MR) is 78.2 cm³/mol. The monoisotopic (exact) mass is 366 g/mol. The van der Waals surface area contributed by atoms with Crippen LogP contribution in [0, 0.1) is 0 Å². The van der Waals surface area contributed by atoms with Gasteiger partial charge >= 0.3 is 6.36 Å². The smallest absolute Gasteiger partial charge is 0.405 e. The third-order valence-corrected chi connectivity index (χ3v) is 4.21. The largest absolute Gasteiger partial charge is 0.573 e. The summed E-state index contributed by atoms with van der Waals surface area (Å²) >= 11 is 3.13. The fourth-order valence-electron chi connectivity index (χ4n) is 2.51. The van der Waals surface area contributed by atoms with Gasteiger partial charge in [-0.3, -0.25) is 4.90 Å². The first-order chi connectivity index (χ1) is 9.85. The van der Waals surface area contributed by atoms with Gasteiger partial charge in [0, 0.05) is 12.6 Å². The van der Waals surface area contributed by atoms with Crippen LogP contribution in [0.25, 0.3) is 0 Å². The number of hydrogen-bond donors (Lipinski definition) is 1. The zero-order chi connectivity index (χ0) is 15.5. The lowest BCUT2D eigenvalue weighted by Gasteiger charge is -2.31. The van der Waals surface area contributed by atoms with E-state index in [2.05, 4.69) is 30.9 Å². The molecule has 0 aliphatic carbocycles. The van der Waals surface area contributed by atoms with Crippen molar-refractivity contribution >= 4 is 15.9 Å². The van der Waals surface area contributed by atoms with Gasteiger partial charge in [-0.1, -0.05) is 6.07 Å². The first-order valence-corrected chi connectivity index (χ1v) is 7.59. The molecule has 7 heteroatoms. The zero-order valence-electron chi connectivity index (χ0n) is 11.7. The molecule has 1 N–H and O–H groups in total. The maximum absolute atomic E-state index is 12.2. The van der Waals surface area contributed by atoms with Gasteiger partial charge in [-0.2, -0.15) is 0 Å². The summed E-state index contributed by atoms with van der Waals surface area (Å²) in [5.41, 5.74) is 0.956. The van der Waals surface area contributed by atoms with Gasteiger partial charge in [0.05, 0.1) is 4.47 Å². The molecule has 1 fully saturated rings. The first-order valence-electron chi connectivity index (χ1n) is 6.80. The summed E-state index contributed by atoms with van der Waals surface area (Å²) < 4.78 is 40.9. The van der Waals surface area contributed by atoms with Crippen LogP contribution in [-0.2, 0) is 6.54 Å². The van der Waals surface area contributed by atoms with E-state index >= 15 is 0 Å². The molecule has 0 saturated carbocycles. The number of ether oxygens (including phenoxy) is 1. The molecule has 0 amide bonds. The van der Waals surface area contributed by atoms with Crippen LogP contribution in [-0.4, -0.2) is 37.4 Å². The minimum absolute atomic E-state index is 0.212. The predicted octanol–water partition coefficient (Wildman–Crippen LogP) is 3.53. The number of halogens is 4. The third kappa shape index (κ3) is 5.16. The van der Waals surface area contributed by atoms with Crippen molar-refractivity contribution < 1.29 is 17.9 Å². The molecule has 0 atom stereocenters. The summed E-state index contributed by atoms with van der Waals surface area (Å²) in [6.07, 6.45) is -2.49. The highest BCUT2D eigenvalue weighted by Crippen LogP contribution is 2.31.